The summed E-state index contributed by atoms with van der Waals surface area (Å²) in [6, 6.07) is 8.03. The Hall–Kier alpha value is -1.75. The number of unbranched alkanes of at least 4 members (excludes halogenated alkanes) is 2. The predicted octanol–water partition coefficient (Wildman–Crippen LogP) is 3.21. The van der Waals surface area contributed by atoms with Gasteiger partial charge in [-0.05, 0) is 48.8 Å². The molecule has 0 aliphatic rings. The zero-order valence-electron chi connectivity index (χ0n) is 15.2. The molecule has 0 fully saturated rings. The summed E-state index contributed by atoms with van der Waals surface area (Å²) in [4.78, 5) is 11.5. The maximum Gasteiger partial charge on any atom is 0.314 e. The second kappa shape index (κ2) is 10.9. The number of aliphatic hydroxyl groups excluding tert-OH is 1. The van der Waals surface area contributed by atoms with Gasteiger partial charge in [0.05, 0.1) is 6.61 Å². The minimum absolute atomic E-state index is 0.145. The number of hydrogen-bond acceptors (Lipinski definition) is 3. The van der Waals surface area contributed by atoms with E-state index in [-0.39, 0.29) is 18.1 Å². The van der Waals surface area contributed by atoms with Crippen LogP contribution in [0.4, 0.5) is 4.79 Å². The van der Waals surface area contributed by atoms with Crippen LogP contribution in [0.2, 0.25) is 0 Å². The standard InChI is InChI=1S/C19H32N2O3/c1-19(2,3)16-8-10-17(11-9-16)24-15-7-13-21-18(23)20-12-5-4-6-14-22/h8-11,22H,4-7,12-15H2,1-3H3,(H2,20,21,23). The number of hydrogen-bond donors (Lipinski definition) is 3. The van der Waals surface area contributed by atoms with Gasteiger partial charge < -0.3 is 20.5 Å². The van der Waals surface area contributed by atoms with Gasteiger partial charge in [0, 0.05) is 19.7 Å². The molecule has 2 amide bonds. The SMILES string of the molecule is CC(C)(C)c1ccc(OCCCNC(=O)NCCCCCO)cc1. The van der Waals surface area contributed by atoms with E-state index >= 15 is 0 Å². The summed E-state index contributed by atoms with van der Waals surface area (Å²) in [5.74, 6) is 0.858. The van der Waals surface area contributed by atoms with Crippen molar-refractivity contribution < 1.29 is 14.6 Å². The largest absolute Gasteiger partial charge is 0.494 e. The van der Waals surface area contributed by atoms with Crippen molar-refractivity contribution in [1.82, 2.24) is 10.6 Å². The normalized spacial score (nSPS) is 11.2. The van der Waals surface area contributed by atoms with Gasteiger partial charge in [0.2, 0.25) is 0 Å². The molecule has 0 saturated heterocycles. The van der Waals surface area contributed by atoms with Crippen LogP contribution in [0.5, 0.6) is 5.75 Å². The highest BCUT2D eigenvalue weighted by Crippen LogP contribution is 2.24. The molecule has 0 heterocycles. The van der Waals surface area contributed by atoms with Crippen molar-refractivity contribution >= 4 is 6.03 Å². The van der Waals surface area contributed by atoms with E-state index in [4.69, 9.17) is 9.84 Å². The van der Waals surface area contributed by atoms with E-state index in [0.717, 1.165) is 31.4 Å². The van der Waals surface area contributed by atoms with Crippen LogP contribution in [0.1, 0.15) is 52.0 Å². The Morgan fingerprint density at radius 1 is 1.00 bits per heavy atom. The lowest BCUT2D eigenvalue weighted by Crippen LogP contribution is -2.36. The topological polar surface area (TPSA) is 70.6 Å². The van der Waals surface area contributed by atoms with Crippen molar-refractivity contribution in [2.45, 2.75) is 51.9 Å². The Labute approximate surface area is 145 Å². The summed E-state index contributed by atoms with van der Waals surface area (Å²) in [5.41, 5.74) is 1.43. The number of rotatable bonds is 10. The fourth-order valence-electron chi connectivity index (χ4n) is 2.19. The van der Waals surface area contributed by atoms with Crippen molar-refractivity contribution in [3.8, 4) is 5.75 Å². The van der Waals surface area contributed by atoms with Crippen molar-refractivity contribution in [3.05, 3.63) is 29.8 Å². The van der Waals surface area contributed by atoms with Gasteiger partial charge in [0.25, 0.3) is 0 Å². The highest BCUT2D eigenvalue weighted by atomic mass is 16.5. The van der Waals surface area contributed by atoms with Crippen molar-refractivity contribution in [3.63, 3.8) is 0 Å². The van der Waals surface area contributed by atoms with Gasteiger partial charge in [-0.1, -0.05) is 32.9 Å². The average molecular weight is 336 g/mol. The monoisotopic (exact) mass is 336 g/mol. The zero-order chi connectivity index (χ0) is 17.8. The molecular weight excluding hydrogens is 304 g/mol. The molecule has 1 aromatic carbocycles. The summed E-state index contributed by atoms with van der Waals surface area (Å²) in [5, 5.41) is 14.3. The first kappa shape index (κ1) is 20.3. The van der Waals surface area contributed by atoms with Crippen LogP contribution in [-0.2, 0) is 5.41 Å². The zero-order valence-corrected chi connectivity index (χ0v) is 15.2. The van der Waals surface area contributed by atoms with E-state index in [1.165, 1.54) is 5.56 Å². The van der Waals surface area contributed by atoms with E-state index in [9.17, 15) is 4.79 Å². The minimum Gasteiger partial charge on any atom is -0.494 e. The van der Waals surface area contributed by atoms with Crippen LogP contribution in [0.15, 0.2) is 24.3 Å². The van der Waals surface area contributed by atoms with Crippen molar-refractivity contribution in [2.24, 2.45) is 0 Å². The highest BCUT2D eigenvalue weighted by Gasteiger charge is 2.12. The lowest BCUT2D eigenvalue weighted by atomic mass is 9.87. The Morgan fingerprint density at radius 2 is 1.62 bits per heavy atom. The maximum atomic E-state index is 11.5. The second-order valence-electron chi connectivity index (χ2n) is 6.94. The number of nitrogens with one attached hydrogen (secondary N) is 2. The van der Waals surface area contributed by atoms with Gasteiger partial charge in [-0.25, -0.2) is 4.79 Å². The first-order valence-corrected chi connectivity index (χ1v) is 8.79. The molecule has 1 aromatic rings. The van der Waals surface area contributed by atoms with Gasteiger partial charge in [-0.15, -0.1) is 0 Å². The number of ether oxygens (including phenoxy) is 1. The van der Waals surface area contributed by atoms with E-state index in [1.807, 2.05) is 12.1 Å². The second-order valence-corrected chi connectivity index (χ2v) is 6.94. The molecule has 0 aliphatic heterocycles. The van der Waals surface area contributed by atoms with Crippen molar-refractivity contribution in [2.75, 3.05) is 26.3 Å². The Kier molecular flexibility index (Phi) is 9.23. The van der Waals surface area contributed by atoms with Gasteiger partial charge in [0.15, 0.2) is 0 Å². The first-order valence-electron chi connectivity index (χ1n) is 8.79. The first-order chi connectivity index (χ1) is 11.4. The molecule has 0 unspecified atom stereocenters. The number of benzene rings is 1. The summed E-state index contributed by atoms with van der Waals surface area (Å²) < 4.78 is 5.69. The van der Waals surface area contributed by atoms with E-state index in [2.05, 4.69) is 43.5 Å². The Bertz CT molecular complexity index is 466. The van der Waals surface area contributed by atoms with Crippen LogP contribution >= 0.6 is 0 Å². The number of urea groups is 1. The van der Waals surface area contributed by atoms with E-state index < -0.39 is 0 Å². The van der Waals surface area contributed by atoms with Crippen LogP contribution in [-0.4, -0.2) is 37.4 Å². The maximum absolute atomic E-state index is 11.5. The van der Waals surface area contributed by atoms with E-state index in [0.29, 0.717) is 19.7 Å². The molecule has 0 aromatic heterocycles. The quantitative estimate of drug-likeness (QED) is 0.575. The molecule has 0 aliphatic carbocycles. The molecule has 0 radical (unpaired) electrons. The third-order valence-corrected chi connectivity index (χ3v) is 3.72. The van der Waals surface area contributed by atoms with E-state index in [1.54, 1.807) is 0 Å². The molecule has 5 nitrogen and oxygen atoms in total. The Morgan fingerprint density at radius 3 is 2.21 bits per heavy atom. The number of aliphatic hydroxyl groups is 1. The highest BCUT2D eigenvalue weighted by molar-refractivity contribution is 5.73. The molecule has 5 heteroatoms. The molecule has 3 N–H and O–H groups in total. The molecule has 136 valence electrons. The summed E-state index contributed by atoms with van der Waals surface area (Å²) >= 11 is 0. The molecule has 0 saturated carbocycles. The lowest BCUT2D eigenvalue weighted by molar-refractivity contribution is 0.238. The van der Waals surface area contributed by atoms with Gasteiger partial charge >= 0.3 is 6.03 Å². The summed E-state index contributed by atoms with van der Waals surface area (Å²) in [7, 11) is 0. The van der Waals surface area contributed by atoms with Gasteiger partial charge in [0.1, 0.15) is 5.75 Å². The number of carbonyl (C=O) groups excluding carboxylic acids is 1. The fraction of sp³-hybridized carbons (Fsp3) is 0.632. The Balaban J connectivity index is 2.08. The van der Waals surface area contributed by atoms with Crippen LogP contribution < -0.4 is 15.4 Å². The third kappa shape index (κ3) is 8.77. The molecule has 24 heavy (non-hydrogen) atoms. The lowest BCUT2D eigenvalue weighted by Gasteiger charge is -2.19. The number of amides is 2. The van der Waals surface area contributed by atoms with Crippen LogP contribution in [0.25, 0.3) is 0 Å². The minimum atomic E-state index is -0.145. The summed E-state index contributed by atoms with van der Waals surface area (Å²) in [6.07, 6.45) is 3.37. The molecule has 0 atom stereocenters. The molecule has 0 spiro atoms. The van der Waals surface area contributed by atoms with Gasteiger partial charge in [-0.2, -0.15) is 0 Å². The van der Waals surface area contributed by atoms with Crippen molar-refractivity contribution in [1.29, 1.82) is 0 Å². The van der Waals surface area contributed by atoms with Gasteiger partial charge in [-0.3, -0.25) is 0 Å². The molecular formula is C19H32N2O3. The smallest absolute Gasteiger partial charge is 0.314 e. The average Bonchev–Trinajstić information content (AvgIpc) is 2.54. The predicted molar refractivity (Wildman–Crippen MR) is 97.6 cm³/mol. The number of carbonyl (C=O) groups is 1. The van der Waals surface area contributed by atoms with Crippen LogP contribution in [0, 0.1) is 0 Å². The summed E-state index contributed by atoms with van der Waals surface area (Å²) in [6.45, 7) is 8.58. The third-order valence-electron chi connectivity index (χ3n) is 3.72. The molecule has 1 rings (SSSR count). The fourth-order valence-corrected chi connectivity index (χ4v) is 2.19. The molecule has 0 bridgehead atoms. The van der Waals surface area contributed by atoms with Crippen LogP contribution in [0.3, 0.4) is 0 Å².